The van der Waals surface area contributed by atoms with Gasteiger partial charge in [-0.3, -0.25) is 9.59 Å². The Balaban J connectivity index is 1.30. The van der Waals surface area contributed by atoms with E-state index in [0.29, 0.717) is 44.3 Å². The molecule has 3 aliphatic rings. The number of amides is 2. The second kappa shape index (κ2) is 9.18. The maximum Gasteiger partial charge on any atom is 0.272 e. The number of carbonyl (C=O) groups excluding carboxylic acids is 2. The van der Waals surface area contributed by atoms with Gasteiger partial charge in [0.2, 0.25) is 5.91 Å². The average Bonchev–Trinajstić information content (AvgIpc) is 3.19. The van der Waals surface area contributed by atoms with Gasteiger partial charge in [0.05, 0.1) is 18.7 Å². The highest BCUT2D eigenvalue weighted by Crippen LogP contribution is 2.49. The lowest BCUT2D eigenvalue weighted by atomic mass is 9.66. The zero-order chi connectivity index (χ0) is 22.0. The SMILES string of the molecule is O=C(CCC1CN(C(=O)c2ccc3ccccc3n2)CC12CCCCC2)N1CCOCC1. The first kappa shape index (κ1) is 21.4. The minimum atomic E-state index is 0.0303. The summed E-state index contributed by atoms with van der Waals surface area (Å²) < 4.78 is 5.38. The van der Waals surface area contributed by atoms with Crippen molar-refractivity contribution in [3.05, 3.63) is 42.1 Å². The molecule has 6 nitrogen and oxygen atoms in total. The molecule has 32 heavy (non-hydrogen) atoms. The van der Waals surface area contributed by atoms with Gasteiger partial charge >= 0.3 is 0 Å². The van der Waals surface area contributed by atoms with Gasteiger partial charge < -0.3 is 14.5 Å². The van der Waals surface area contributed by atoms with Gasteiger partial charge in [-0.25, -0.2) is 4.98 Å². The van der Waals surface area contributed by atoms with E-state index in [-0.39, 0.29) is 17.2 Å². The topological polar surface area (TPSA) is 62.7 Å². The first-order valence-electron chi connectivity index (χ1n) is 12.2. The molecule has 170 valence electrons. The van der Waals surface area contributed by atoms with Crippen molar-refractivity contribution >= 4 is 22.7 Å². The summed E-state index contributed by atoms with van der Waals surface area (Å²) >= 11 is 0. The summed E-state index contributed by atoms with van der Waals surface area (Å²) in [5.41, 5.74) is 1.55. The Morgan fingerprint density at radius 1 is 1.00 bits per heavy atom. The number of carbonyl (C=O) groups is 2. The predicted molar refractivity (Wildman–Crippen MR) is 123 cm³/mol. The lowest BCUT2D eigenvalue weighted by Gasteiger charge is -2.38. The Kier molecular flexibility index (Phi) is 6.13. The number of nitrogens with zero attached hydrogens (tertiary/aromatic N) is 3. The molecular weight excluding hydrogens is 402 g/mol. The fourth-order valence-electron chi connectivity index (χ4n) is 6.02. The highest BCUT2D eigenvalue weighted by Gasteiger charge is 2.48. The van der Waals surface area contributed by atoms with Crippen LogP contribution in [0.15, 0.2) is 36.4 Å². The smallest absolute Gasteiger partial charge is 0.272 e. The number of morpholine rings is 1. The molecule has 6 heteroatoms. The lowest BCUT2D eigenvalue weighted by molar-refractivity contribution is -0.135. The quantitative estimate of drug-likeness (QED) is 0.731. The molecule has 3 fully saturated rings. The Morgan fingerprint density at radius 2 is 1.78 bits per heavy atom. The van der Waals surface area contributed by atoms with Crippen LogP contribution in [-0.4, -0.2) is 66.0 Å². The molecule has 0 bridgehead atoms. The van der Waals surface area contributed by atoms with Gasteiger partial charge in [0.1, 0.15) is 5.69 Å². The van der Waals surface area contributed by atoms with Crippen LogP contribution in [0.2, 0.25) is 0 Å². The molecule has 3 heterocycles. The Morgan fingerprint density at radius 3 is 2.59 bits per heavy atom. The maximum atomic E-state index is 13.4. The molecule has 2 aromatic rings. The molecule has 1 saturated carbocycles. The molecule has 5 rings (SSSR count). The molecule has 0 radical (unpaired) electrons. The van der Waals surface area contributed by atoms with Crippen molar-refractivity contribution in [2.45, 2.75) is 44.9 Å². The van der Waals surface area contributed by atoms with E-state index in [2.05, 4.69) is 4.98 Å². The highest BCUT2D eigenvalue weighted by atomic mass is 16.5. The third-order valence-corrected chi connectivity index (χ3v) is 7.84. The number of pyridine rings is 1. The third kappa shape index (κ3) is 4.25. The summed E-state index contributed by atoms with van der Waals surface area (Å²) in [6.45, 7) is 4.22. The predicted octanol–water partition coefficient (Wildman–Crippen LogP) is 3.90. The van der Waals surface area contributed by atoms with Crippen LogP contribution in [0.3, 0.4) is 0 Å². The van der Waals surface area contributed by atoms with Crippen molar-refractivity contribution in [3.8, 4) is 0 Å². The van der Waals surface area contributed by atoms with E-state index in [9.17, 15) is 9.59 Å². The second-order valence-corrected chi connectivity index (χ2v) is 9.73. The van der Waals surface area contributed by atoms with Crippen molar-refractivity contribution < 1.29 is 14.3 Å². The van der Waals surface area contributed by atoms with E-state index in [1.165, 1.54) is 32.1 Å². The number of hydrogen-bond acceptors (Lipinski definition) is 4. The van der Waals surface area contributed by atoms with Gasteiger partial charge in [-0.1, -0.05) is 43.5 Å². The van der Waals surface area contributed by atoms with Crippen molar-refractivity contribution in [1.29, 1.82) is 0 Å². The van der Waals surface area contributed by atoms with Crippen LogP contribution in [0.25, 0.3) is 10.9 Å². The molecular formula is C26H33N3O3. The van der Waals surface area contributed by atoms with Crippen LogP contribution < -0.4 is 0 Å². The summed E-state index contributed by atoms with van der Waals surface area (Å²) in [5.74, 6) is 0.653. The molecule has 1 aromatic heterocycles. The van der Waals surface area contributed by atoms with Crippen LogP contribution in [0.1, 0.15) is 55.4 Å². The Hall–Kier alpha value is -2.47. The average molecular weight is 436 g/mol. The molecule has 0 N–H and O–H groups in total. The summed E-state index contributed by atoms with van der Waals surface area (Å²) in [6.07, 6.45) is 7.50. The standard InChI is InChI=1S/C26H33N3O3/c30-24(28-14-16-32-17-15-28)11-9-21-18-29(19-26(21)12-4-1-5-13-26)25(31)23-10-8-20-6-2-3-7-22(20)27-23/h2-3,6-8,10,21H,1,4-5,9,11-19H2. The zero-order valence-corrected chi connectivity index (χ0v) is 18.8. The highest BCUT2D eigenvalue weighted by molar-refractivity contribution is 5.95. The number of aromatic nitrogens is 1. The maximum absolute atomic E-state index is 13.4. The van der Waals surface area contributed by atoms with Gasteiger partial charge in [-0.2, -0.15) is 0 Å². The number of benzene rings is 1. The fourth-order valence-corrected chi connectivity index (χ4v) is 6.02. The van der Waals surface area contributed by atoms with Crippen molar-refractivity contribution in [1.82, 2.24) is 14.8 Å². The monoisotopic (exact) mass is 435 g/mol. The first-order chi connectivity index (χ1) is 15.6. The number of para-hydroxylation sites is 1. The normalized spacial score (nSPS) is 23.1. The molecule has 1 aromatic carbocycles. The van der Waals surface area contributed by atoms with Crippen LogP contribution in [-0.2, 0) is 9.53 Å². The van der Waals surface area contributed by atoms with Crippen LogP contribution >= 0.6 is 0 Å². The summed E-state index contributed by atoms with van der Waals surface area (Å²) in [5, 5.41) is 1.05. The van der Waals surface area contributed by atoms with Gasteiger partial charge in [0, 0.05) is 38.0 Å². The van der Waals surface area contributed by atoms with Crippen molar-refractivity contribution in [2.24, 2.45) is 11.3 Å². The molecule has 2 aliphatic heterocycles. The number of fused-ring (bicyclic) bond motifs is 1. The Labute approximate surface area is 189 Å². The largest absolute Gasteiger partial charge is 0.378 e. The van der Waals surface area contributed by atoms with E-state index in [0.717, 1.165) is 30.4 Å². The zero-order valence-electron chi connectivity index (χ0n) is 18.8. The third-order valence-electron chi connectivity index (χ3n) is 7.84. The molecule has 1 unspecified atom stereocenters. The molecule has 2 saturated heterocycles. The van der Waals surface area contributed by atoms with Crippen LogP contribution in [0.5, 0.6) is 0 Å². The molecule has 1 atom stereocenters. The molecule has 1 aliphatic carbocycles. The van der Waals surface area contributed by atoms with Crippen molar-refractivity contribution in [2.75, 3.05) is 39.4 Å². The number of rotatable bonds is 4. The Bertz CT molecular complexity index is 979. The summed E-state index contributed by atoms with van der Waals surface area (Å²) in [6, 6.07) is 11.8. The van der Waals surface area contributed by atoms with Gasteiger partial charge in [-0.05, 0) is 42.7 Å². The van der Waals surface area contributed by atoms with Crippen molar-refractivity contribution in [3.63, 3.8) is 0 Å². The van der Waals surface area contributed by atoms with Crippen LogP contribution in [0, 0.1) is 11.3 Å². The minimum Gasteiger partial charge on any atom is -0.378 e. The summed E-state index contributed by atoms with van der Waals surface area (Å²) in [4.78, 5) is 34.8. The van der Waals surface area contributed by atoms with E-state index in [1.807, 2.05) is 46.2 Å². The number of hydrogen-bond donors (Lipinski definition) is 0. The van der Waals surface area contributed by atoms with Gasteiger partial charge in [0.15, 0.2) is 0 Å². The lowest BCUT2D eigenvalue weighted by Crippen LogP contribution is -2.41. The second-order valence-electron chi connectivity index (χ2n) is 9.73. The number of likely N-dealkylation sites (tertiary alicyclic amines) is 1. The van der Waals surface area contributed by atoms with Gasteiger partial charge in [0.25, 0.3) is 5.91 Å². The molecule has 1 spiro atoms. The van der Waals surface area contributed by atoms with E-state index < -0.39 is 0 Å². The van der Waals surface area contributed by atoms with E-state index in [4.69, 9.17) is 4.74 Å². The van der Waals surface area contributed by atoms with Crippen LogP contribution in [0.4, 0.5) is 0 Å². The number of ether oxygens (including phenoxy) is 1. The fraction of sp³-hybridized carbons (Fsp3) is 0.577. The van der Waals surface area contributed by atoms with Gasteiger partial charge in [-0.15, -0.1) is 0 Å². The first-order valence-corrected chi connectivity index (χ1v) is 12.2. The van der Waals surface area contributed by atoms with E-state index in [1.54, 1.807) is 0 Å². The van der Waals surface area contributed by atoms with E-state index >= 15 is 0 Å². The molecule has 2 amide bonds. The minimum absolute atomic E-state index is 0.0303. The summed E-state index contributed by atoms with van der Waals surface area (Å²) in [7, 11) is 0.